The molecule has 0 spiro atoms. The summed E-state index contributed by atoms with van der Waals surface area (Å²) in [5.74, 6) is -0.105. The molecule has 5 heteroatoms. The van der Waals surface area contributed by atoms with E-state index in [2.05, 4.69) is 11.1 Å². The van der Waals surface area contributed by atoms with Crippen LogP contribution in [0.5, 0.6) is 11.5 Å². The smallest absolute Gasteiger partial charge is 0.135 e. The third-order valence-corrected chi connectivity index (χ3v) is 4.03. The normalized spacial score (nSPS) is 11.5. The van der Waals surface area contributed by atoms with Crippen LogP contribution in [0.2, 0.25) is 0 Å². The number of phenols is 2. The average molecular weight is 294 g/mol. The Hall–Kier alpha value is -2.84. The first-order chi connectivity index (χ1) is 10.2. The Balaban J connectivity index is 2.09. The van der Waals surface area contributed by atoms with E-state index in [9.17, 15) is 15.5 Å². The van der Waals surface area contributed by atoms with Crippen molar-refractivity contribution in [3.8, 4) is 17.6 Å². The predicted molar refractivity (Wildman–Crippen MR) is 82.9 cm³/mol. The van der Waals surface area contributed by atoms with Crippen LogP contribution in [0.4, 0.5) is 0 Å². The topological polar surface area (TPSA) is 77.1 Å². The minimum Gasteiger partial charge on any atom is -0.508 e. The summed E-state index contributed by atoms with van der Waals surface area (Å²) in [5, 5.41) is 29.0. The molecule has 2 aromatic carbocycles. The summed E-state index contributed by atoms with van der Waals surface area (Å²) in [6.07, 6.45) is 1.56. The number of phenolic OH excluding ortho intramolecular Hbond substituents is 2. The van der Waals surface area contributed by atoms with Crippen molar-refractivity contribution in [3.63, 3.8) is 0 Å². The lowest BCUT2D eigenvalue weighted by Gasteiger charge is -2.00. The molecule has 102 valence electrons. The molecule has 0 aliphatic heterocycles. The molecule has 0 radical (unpaired) electrons. The van der Waals surface area contributed by atoms with E-state index in [0.717, 1.165) is 10.2 Å². The number of aromatic nitrogens is 1. The van der Waals surface area contributed by atoms with Crippen LogP contribution in [-0.2, 0) is 0 Å². The molecular formula is C16H10N2O2S. The first kappa shape index (κ1) is 13.2. The van der Waals surface area contributed by atoms with Crippen LogP contribution >= 0.6 is 11.3 Å². The molecule has 2 N–H and O–H groups in total. The molecule has 0 atom stereocenters. The highest BCUT2D eigenvalue weighted by atomic mass is 32.1. The van der Waals surface area contributed by atoms with Crippen LogP contribution in [0, 0.1) is 11.3 Å². The number of hydrogen-bond donors (Lipinski definition) is 2. The zero-order valence-electron chi connectivity index (χ0n) is 10.8. The fourth-order valence-electron chi connectivity index (χ4n) is 1.94. The van der Waals surface area contributed by atoms with Crippen molar-refractivity contribution in [1.29, 1.82) is 5.26 Å². The van der Waals surface area contributed by atoms with Crippen molar-refractivity contribution in [3.05, 3.63) is 53.0 Å². The summed E-state index contributed by atoms with van der Waals surface area (Å²) in [6.45, 7) is 0. The number of nitrogens with zero attached hydrogens (tertiary/aromatic N) is 2. The van der Waals surface area contributed by atoms with Gasteiger partial charge in [0, 0.05) is 11.6 Å². The van der Waals surface area contributed by atoms with Gasteiger partial charge in [0.05, 0.1) is 15.8 Å². The Morgan fingerprint density at radius 3 is 2.71 bits per heavy atom. The molecule has 0 aliphatic carbocycles. The van der Waals surface area contributed by atoms with E-state index in [1.165, 1.54) is 23.5 Å². The lowest BCUT2D eigenvalue weighted by Crippen LogP contribution is -1.81. The summed E-state index contributed by atoms with van der Waals surface area (Å²) < 4.78 is 1.00. The van der Waals surface area contributed by atoms with Crippen molar-refractivity contribution in [2.45, 2.75) is 0 Å². The second-order valence-electron chi connectivity index (χ2n) is 4.40. The van der Waals surface area contributed by atoms with E-state index >= 15 is 0 Å². The molecule has 1 heterocycles. The first-order valence-electron chi connectivity index (χ1n) is 6.17. The SMILES string of the molecule is N#C/C(=C\c1ccc(O)cc1O)c1nc2ccccc2s1. The Kier molecular flexibility index (Phi) is 3.30. The van der Waals surface area contributed by atoms with Crippen molar-refractivity contribution in [2.75, 3.05) is 0 Å². The quantitative estimate of drug-likeness (QED) is 0.705. The molecule has 21 heavy (non-hydrogen) atoms. The number of aromatic hydroxyl groups is 2. The third kappa shape index (κ3) is 2.57. The van der Waals surface area contributed by atoms with Crippen molar-refractivity contribution >= 4 is 33.2 Å². The molecule has 3 rings (SSSR count). The third-order valence-electron chi connectivity index (χ3n) is 2.96. The van der Waals surface area contributed by atoms with E-state index in [4.69, 9.17) is 0 Å². The summed E-state index contributed by atoms with van der Waals surface area (Å²) >= 11 is 1.43. The highest BCUT2D eigenvalue weighted by molar-refractivity contribution is 7.19. The van der Waals surface area contributed by atoms with Gasteiger partial charge in [-0.25, -0.2) is 4.98 Å². The van der Waals surface area contributed by atoms with Gasteiger partial charge in [-0.3, -0.25) is 0 Å². The highest BCUT2D eigenvalue weighted by Crippen LogP contribution is 2.30. The van der Waals surface area contributed by atoms with Gasteiger partial charge < -0.3 is 10.2 Å². The van der Waals surface area contributed by atoms with E-state index < -0.39 is 0 Å². The minimum atomic E-state index is -0.0798. The number of thiazole rings is 1. The molecule has 3 aromatic rings. The molecular weight excluding hydrogens is 284 g/mol. The van der Waals surface area contributed by atoms with Crippen LogP contribution in [0.3, 0.4) is 0 Å². The fourth-order valence-corrected chi connectivity index (χ4v) is 2.87. The van der Waals surface area contributed by atoms with Crippen LogP contribution in [0.15, 0.2) is 42.5 Å². The Labute approximate surface area is 124 Å². The fraction of sp³-hybridized carbons (Fsp3) is 0. The largest absolute Gasteiger partial charge is 0.508 e. The van der Waals surface area contributed by atoms with Gasteiger partial charge in [0.15, 0.2) is 0 Å². The first-order valence-corrected chi connectivity index (χ1v) is 6.99. The maximum absolute atomic E-state index is 9.79. The molecule has 1 aromatic heterocycles. The second-order valence-corrected chi connectivity index (χ2v) is 5.43. The van der Waals surface area contributed by atoms with Gasteiger partial charge in [0.2, 0.25) is 0 Å². The van der Waals surface area contributed by atoms with Crippen LogP contribution in [-0.4, -0.2) is 15.2 Å². The molecule has 0 bridgehead atoms. The number of fused-ring (bicyclic) bond motifs is 1. The van der Waals surface area contributed by atoms with Crippen molar-refractivity contribution in [2.24, 2.45) is 0 Å². The number of nitriles is 1. The Morgan fingerprint density at radius 1 is 1.19 bits per heavy atom. The van der Waals surface area contributed by atoms with E-state index in [0.29, 0.717) is 16.1 Å². The van der Waals surface area contributed by atoms with Crippen molar-refractivity contribution < 1.29 is 10.2 Å². The van der Waals surface area contributed by atoms with Gasteiger partial charge in [-0.05, 0) is 30.3 Å². The van der Waals surface area contributed by atoms with Gasteiger partial charge in [0.1, 0.15) is 22.6 Å². The monoisotopic (exact) mass is 294 g/mol. The zero-order chi connectivity index (χ0) is 14.8. The lowest BCUT2D eigenvalue weighted by atomic mass is 10.1. The molecule has 0 amide bonds. The van der Waals surface area contributed by atoms with Gasteiger partial charge in [-0.1, -0.05) is 12.1 Å². The molecule has 0 saturated heterocycles. The highest BCUT2D eigenvalue weighted by Gasteiger charge is 2.09. The van der Waals surface area contributed by atoms with Crippen LogP contribution in [0.1, 0.15) is 10.6 Å². The number of benzene rings is 2. The number of para-hydroxylation sites is 1. The minimum absolute atomic E-state index is 0.0249. The summed E-state index contributed by atoms with van der Waals surface area (Å²) in [4.78, 5) is 4.42. The number of rotatable bonds is 2. The Morgan fingerprint density at radius 2 is 2.00 bits per heavy atom. The number of allylic oxidation sites excluding steroid dienone is 1. The van der Waals surface area contributed by atoms with E-state index in [1.807, 2.05) is 24.3 Å². The molecule has 0 saturated carbocycles. The van der Waals surface area contributed by atoms with Gasteiger partial charge in [-0.2, -0.15) is 5.26 Å². The predicted octanol–water partition coefficient (Wildman–Crippen LogP) is 3.77. The maximum Gasteiger partial charge on any atom is 0.135 e. The van der Waals surface area contributed by atoms with Crippen molar-refractivity contribution in [1.82, 2.24) is 4.98 Å². The van der Waals surface area contributed by atoms with E-state index in [1.54, 1.807) is 12.1 Å². The lowest BCUT2D eigenvalue weighted by molar-refractivity contribution is 0.450. The molecule has 0 fully saturated rings. The number of hydrogen-bond acceptors (Lipinski definition) is 5. The second kappa shape index (κ2) is 5.27. The van der Waals surface area contributed by atoms with Crippen LogP contribution < -0.4 is 0 Å². The standard InChI is InChI=1S/C16H10N2O2S/c17-9-11(7-10-5-6-12(19)8-14(10)20)16-18-13-3-1-2-4-15(13)21-16/h1-8,19-20H/b11-7+. The van der Waals surface area contributed by atoms with Gasteiger partial charge in [-0.15, -0.1) is 11.3 Å². The average Bonchev–Trinajstić information content (AvgIpc) is 2.90. The molecule has 0 unspecified atom stereocenters. The molecule has 0 aliphatic rings. The summed E-state index contributed by atoms with van der Waals surface area (Å²) in [5.41, 5.74) is 1.68. The summed E-state index contributed by atoms with van der Waals surface area (Å²) in [6, 6.07) is 14.0. The van der Waals surface area contributed by atoms with Gasteiger partial charge in [0.25, 0.3) is 0 Å². The van der Waals surface area contributed by atoms with Gasteiger partial charge >= 0.3 is 0 Å². The molecule has 4 nitrogen and oxygen atoms in total. The van der Waals surface area contributed by atoms with Crippen LogP contribution in [0.25, 0.3) is 21.9 Å². The zero-order valence-corrected chi connectivity index (χ0v) is 11.6. The van der Waals surface area contributed by atoms with E-state index in [-0.39, 0.29) is 11.5 Å². The summed E-state index contributed by atoms with van der Waals surface area (Å²) in [7, 11) is 0. The Bertz CT molecular complexity index is 858. The maximum atomic E-state index is 9.79.